The van der Waals surface area contributed by atoms with Crippen molar-refractivity contribution in [3.8, 4) is 22.6 Å². The molecule has 0 aromatic heterocycles. The molecule has 6 nitrogen and oxygen atoms in total. The summed E-state index contributed by atoms with van der Waals surface area (Å²) in [5.41, 5.74) is 3.60. The van der Waals surface area contributed by atoms with Gasteiger partial charge in [-0.2, -0.15) is 0 Å². The van der Waals surface area contributed by atoms with Gasteiger partial charge in [-0.05, 0) is 59.2 Å². The fourth-order valence-electron chi connectivity index (χ4n) is 3.67. The number of carbonyl (C=O) groups is 2. The number of hydrogen-bond acceptors (Lipinski definition) is 4. The molecule has 0 saturated heterocycles. The number of carboxylic acids is 1. The van der Waals surface area contributed by atoms with Gasteiger partial charge in [-0.25, -0.2) is 4.79 Å². The largest absolute Gasteiger partial charge is 0.496 e. The zero-order valence-electron chi connectivity index (χ0n) is 17.1. The van der Waals surface area contributed by atoms with Crippen LogP contribution in [-0.2, 0) is 13.0 Å². The molecule has 1 aliphatic rings. The van der Waals surface area contributed by atoms with Crippen molar-refractivity contribution in [2.24, 2.45) is 0 Å². The Labute approximate surface area is 194 Å². The average Bonchev–Trinajstić information content (AvgIpc) is 3.25. The number of hydrogen-bond donors (Lipinski definition) is 2. The molecule has 0 fully saturated rings. The van der Waals surface area contributed by atoms with E-state index in [9.17, 15) is 14.7 Å². The minimum atomic E-state index is -1.04. The molecule has 4 rings (SSSR count). The third kappa shape index (κ3) is 4.38. The molecule has 0 radical (unpaired) electrons. The van der Waals surface area contributed by atoms with E-state index < -0.39 is 5.97 Å². The lowest BCUT2D eigenvalue weighted by molar-refractivity contribution is 0.0693. The molecule has 32 heavy (non-hydrogen) atoms. The number of halogens is 2. The molecule has 3 aromatic rings. The molecular weight excluding hydrogens is 453 g/mol. The summed E-state index contributed by atoms with van der Waals surface area (Å²) in [4.78, 5) is 24.3. The number of carboxylic acid groups (broad SMARTS) is 1. The molecular formula is C24H19Cl2NO5. The molecule has 3 aromatic carbocycles. The standard InChI is InChI=1S/C24H19Cl2NO5/c1-31-21-5-2-13(15-9-14-6-7-32-22(14)19(10-15)24(29)30)8-16(21)12-27-23(28)18-4-3-17(25)11-20(18)26/h2-5,8-11H,6-7,12H2,1H3,(H,27,28)(H,29,30). The first-order valence-corrected chi connectivity index (χ1v) is 10.6. The van der Waals surface area contributed by atoms with E-state index in [1.165, 1.54) is 6.07 Å². The number of nitrogens with one attached hydrogen (secondary N) is 1. The highest BCUT2D eigenvalue weighted by Gasteiger charge is 2.22. The minimum Gasteiger partial charge on any atom is -0.496 e. The van der Waals surface area contributed by atoms with Gasteiger partial charge in [0.15, 0.2) is 0 Å². The van der Waals surface area contributed by atoms with E-state index in [1.54, 1.807) is 31.4 Å². The Morgan fingerprint density at radius 3 is 2.59 bits per heavy atom. The van der Waals surface area contributed by atoms with E-state index >= 15 is 0 Å². The monoisotopic (exact) mass is 471 g/mol. The van der Waals surface area contributed by atoms with Crippen molar-refractivity contribution >= 4 is 35.1 Å². The molecule has 0 spiro atoms. The van der Waals surface area contributed by atoms with E-state index in [1.807, 2.05) is 18.2 Å². The van der Waals surface area contributed by atoms with Crippen molar-refractivity contribution < 1.29 is 24.2 Å². The van der Waals surface area contributed by atoms with E-state index in [-0.39, 0.29) is 23.0 Å². The number of benzene rings is 3. The molecule has 1 aliphatic heterocycles. The first kappa shape index (κ1) is 22.0. The van der Waals surface area contributed by atoms with Gasteiger partial charge in [-0.15, -0.1) is 0 Å². The van der Waals surface area contributed by atoms with Gasteiger partial charge in [0.05, 0.1) is 24.3 Å². The van der Waals surface area contributed by atoms with Crippen LogP contribution in [0.1, 0.15) is 31.8 Å². The Bertz CT molecular complexity index is 1230. The average molecular weight is 472 g/mol. The van der Waals surface area contributed by atoms with Crippen molar-refractivity contribution in [1.82, 2.24) is 5.32 Å². The SMILES string of the molecule is COc1ccc(-c2cc3c(c(C(=O)O)c2)OCC3)cc1CNC(=O)c1ccc(Cl)cc1Cl. The van der Waals surface area contributed by atoms with Crippen molar-refractivity contribution in [2.45, 2.75) is 13.0 Å². The van der Waals surface area contributed by atoms with Gasteiger partial charge in [0.2, 0.25) is 0 Å². The van der Waals surface area contributed by atoms with Crippen molar-refractivity contribution in [2.75, 3.05) is 13.7 Å². The Kier molecular flexibility index (Phi) is 6.26. The van der Waals surface area contributed by atoms with Crippen LogP contribution in [0.4, 0.5) is 0 Å². The summed E-state index contributed by atoms with van der Waals surface area (Å²) in [6.45, 7) is 0.654. The molecule has 1 amide bonds. The lowest BCUT2D eigenvalue weighted by Crippen LogP contribution is -2.23. The fourth-order valence-corrected chi connectivity index (χ4v) is 4.17. The summed E-state index contributed by atoms with van der Waals surface area (Å²) in [5.74, 6) is -0.353. The third-order valence-corrected chi connectivity index (χ3v) is 5.79. The number of methoxy groups -OCH3 is 1. The summed E-state index contributed by atoms with van der Waals surface area (Å²) in [6.07, 6.45) is 0.657. The van der Waals surface area contributed by atoms with Crippen LogP contribution < -0.4 is 14.8 Å². The summed E-state index contributed by atoms with van der Waals surface area (Å²) in [5, 5.41) is 13.1. The van der Waals surface area contributed by atoms with E-state index in [0.717, 1.165) is 22.3 Å². The van der Waals surface area contributed by atoms with Crippen LogP contribution in [0.3, 0.4) is 0 Å². The van der Waals surface area contributed by atoms with Crippen LogP contribution in [0, 0.1) is 0 Å². The fraction of sp³-hybridized carbons (Fsp3) is 0.167. The lowest BCUT2D eigenvalue weighted by Gasteiger charge is -2.14. The molecule has 2 N–H and O–H groups in total. The lowest BCUT2D eigenvalue weighted by atomic mass is 9.96. The number of fused-ring (bicyclic) bond motifs is 1. The first-order chi connectivity index (χ1) is 15.4. The highest BCUT2D eigenvalue weighted by Crippen LogP contribution is 2.36. The van der Waals surface area contributed by atoms with Crippen LogP contribution in [0.2, 0.25) is 10.0 Å². The van der Waals surface area contributed by atoms with Crippen LogP contribution in [0.15, 0.2) is 48.5 Å². The predicted molar refractivity (Wildman–Crippen MR) is 122 cm³/mol. The van der Waals surface area contributed by atoms with E-state index in [0.29, 0.717) is 35.1 Å². The molecule has 164 valence electrons. The maximum Gasteiger partial charge on any atom is 0.339 e. The minimum absolute atomic E-state index is 0.137. The Morgan fingerprint density at radius 2 is 1.88 bits per heavy atom. The Balaban J connectivity index is 1.63. The highest BCUT2D eigenvalue weighted by atomic mass is 35.5. The third-order valence-electron chi connectivity index (χ3n) is 5.24. The zero-order chi connectivity index (χ0) is 22.8. The highest BCUT2D eigenvalue weighted by molar-refractivity contribution is 6.36. The van der Waals surface area contributed by atoms with Crippen LogP contribution in [-0.4, -0.2) is 30.7 Å². The van der Waals surface area contributed by atoms with E-state index in [2.05, 4.69) is 5.32 Å². The second-order valence-corrected chi connectivity index (χ2v) is 8.09. The van der Waals surface area contributed by atoms with Crippen LogP contribution >= 0.6 is 23.2 Å². The smallest absolute Gasteiger partial charge is 0.339 e. The Hall–Kier alpha value is -3.22. The first-order valence-electron chi connectivity index (χ1n) is 9.81. The second-order valence-electron chi connectivity index (χ2n) is 7.25. The summed E-state index contributed by atoms with van der Waals surface area (Å²) < 4.78 is 10.9. The van der Waals surface area contributed by atoms with Crippen molar-refractivity contribution in [3.63, 3.8) is 0 Å². The molecule has 0 atom stereocenters. The predicted octanol–water partition coefficient (Wildman–Crippen LogP) is 5.23. The van der Waals surface area contributed by atoms with Crippen LogP contribution in [0.5, 0.6) is 11.5 Å². The van der Waals surface area contributed by atoms with Crippen molar-refractivity contribution in [1.29, 1.82) is 0 Å². The van der Waals surface area contributed by atoms with Gasteiger partial charge in [-0.1, -0.05) is 29.3 Å². The van der Waals surface area contributed by atoms with Crippen LogP contribution in [0.25, 0.3) is 11.1 Å². The van der Waals surface area contributed by atoms with Crippen molar-refractivity contribution in [3.05, 3.63) is 80.8 Å². The second kappa shape index (κ2) is 9.10. The summed E-state index contributed by atoms with van der Waals surface area (Å²) in [7, 11) is 1.55. The quantitative estimate of drug-likeness (QED) is 0.513. The van der Waals surface area contributed by atoms with Gasteiger partial charge in [-0.3, -0.25) is 4.79 Å². The van der Waals surface area contributed by atoms with E-state index in [4.69, 9.17) is 32.7 Å². The summed E-state index contributed by atoms with van der Waals surface area (Å²) in [6, 6.07) is 13.7. The summed E-state index contributed by atoms with van der Waals surface area (Å²) >= 11 is 12.0. The molecule has 1 heterocycles. The molecule has 0 saturated carbocycles. The van der Waals surface area contributed by atoms with Gasteiger partial charge < -0.3 is 19.9 Å². The van der Waals surface area contributed by atoms with Gasteiger partial charge in [0.25, 0.3) is 5.91 Å². The van der Waals surface area contributed by atoms with Gasteiger partial charge >= 0.3 is 5.97 Å². The molecule has 0 unspecified atom stereocenters. The Morgan fingerprint density at radius 1 is 1.06 bits per heavy atom. The van der Waals surface area contributed by atoms with Gasteiger partial charge in [0.1, 0.15) is 17.1 Å². The number of amides is 1. The number of aromatic carboxylic acids is 1. The number of carbonyl (C=O) groups excluding carboxylic acids is 1. The number of rotatable bonds is 6. The molecule has 0 aliphatic carbocycles. The molecule has 0 bridgehead atoms. The number of ether oxygens (including phenoxy) is 2. The topological polar surface area (TPSA) is 84.9 Å². The molecule has 8 heteroatoms. The van der Waals surface area contributed by atoms with Gasteiger partial charge in [0, 0.05) is 23.6 Å². The maximum absolute atomic E-state index is 12.6. The zero-order valence-corrected chi connectivity index (χ0v) is 18.6. The normalized spacial score (nSPS) is 12.1. The maximum atomic E-state index is 12.6.